The van der Waals surface area contributed by atoms with Crippen molar-refractivity contribution in [3.05, 3.63) is 11.9 Å². The Morgan fingerprint density at radius 2 is 2.38 bits per heavy atom. The van der Waals surface area contributed by atoms with Gasteiger partial charge in [0.05, 0.1) is 0 Å². The summed E-state index contributed by atoms with van der Waals surface area (Å²) in [5.74, 6) is 1.09. The first-order valence-electron chi connectivity index (χ1n) is 5.30. The van der Waals surface area contributed by atoms with Gasteiger partial charge in [-0.3, -0.25) is 4.79 Å². The molecule has 0 bridgehead atoms. The lowest BCUT2D eigenvalue weighted by molar-refractivity contribution is -0.123. The van der Waals surface area contributed by atoms with Crippen LogP contribution in [0.4, 0.5) is 11.6 Å². The van der Waals surface area contributed by atoms with Gasteiger partial charge in [-0.15, -0.1) is 0 Å². The van der Waals surface area contributed by atoms with Crippen LogP contribution in [0, 0.1) is 6.92 Å². The smallest absolute Gasteiger partial charge is 0.242 e. The maximum atomic E-state index is 11.5. The fourth-order valence-electron chi connectivity index (χ4n) is 1.68. The van der Waals surface area contributed by atoms with Crippen LogP contribution in [0.3, 0.4) is 0 Å². The Morgan fingerprint density at radius 3 is 3.12 bits per heavy atom. The molecule has 6 heteroatoms. The lowest BCUT2D eigenvalue weighted by Crippen LogP contribution is -2.44. The molecule has 1 amide bonds. The summed E-state index contributed by atoms with van der Waals surface area (Å²) in [4.78, 5) is 19.5. The van der Waals surface area contributed by atoms with Gasteiger partial charge in [-0.25, -0.2) is 9.97 Å². The largest absolute Gasteiger partial charge is 0.383 e. The van der Waals surface area contributed by atoms with E-state index in [4.69, 9.17) is 5.73 Å². The first-order chi connectivity index (χ1) is 7.68. The van der Waals surface area contributed by atoms with Crippen LogP contribution in [0.2, 0.25) is 0 Å². The molecule has 1 atom stereocenters. The van der Waals surface area contributed by atoms with E-state index in [-0.39, 0.29) is 11.9 Å². The number of carbonyl (C=O) groups excluding carboxylic acids is 1. The number of rotatable bonds is 2. The Morgan fingerprint density at radius 1 is 1.56 bits per heavy atom. The number of aromatic nitrogens is 2. The number of hydrogen-bond donors (Lipinski definition) is 3. The highest BCUT2D eigenvalue weighted by atomic mass is 16.2. The first-order valence-corrected chi connectivity index (χ1v) is 5.30. The van der Waals surface area contributed by atoms with Crippen molar-refractivity contribution in [1.29, 1.82) is 0 Å². The zero-order valence-corrected chi connectivity index (χ0v) is 9.16. The van der Waals surface area contributed by atoms with Gasteiger partial charge in [0.15, 0.2) is 0 Å². The maximum absolute atomic E-state index is 11.5. The second-order valence-corrected chi connectivity index (χ2v) is 3.86. The van der Waals surface area contributed by atoms with Gasteiger partial charge < -0.3 is 16.4 Å². The zero-order valence-electron chi connectivity index (χ0n) is 9.16. The van der Waals surface area contributed by atoms with E-state index >= 15 is 0 Å². The van der Waals surface area contributed by atoms with E-state index in [1.807, 2.05) is 6.92 Å². The number of hydrogen-bond acceptors (Lipinski definition) is 5. The van der Waals surface area contributed by atoms with Gasteiger partial charge in [-0.2, -0.15) is 0 Å². The molecular formula is C10H15N5O. The highest BCUT2D eigenvalue weighted by Crippen LogP contribution is 2.17. The third kappa shape index (κ3) is 2.05. The summed E-state index contributed by atoms with van der Waals surface area (Å²) < 4.78 is 0. The predicted molar refractivity (Wildman–Crippen MR) is 60.8 cm³/mol. The Bertz CT molecular complexity index is 406. The number of piperidine rings is 1. The van der Waals surface area contributed by atoms with Crippen LogP contribution in [0.15, 0.2) is 6.33 Å². The van der Waals surface area contributed by atoms with Crippen LogP contribution < -0.4 is 16.4 Å². The third-order valence-corrected chi connectivity index (χ3v) is 2.72. The SMILES string of the molecule is Cc1c(N)ncnc1NC1CCCNC1=O. The van der Waals surface area contributed by atoms with E-state index in [0.717, 1.165) is 24.9 Å². The van der Waals surface area contributed by atoms with E-state index in [0.29, 0.717) is 11.6 Å². The zero-order chi connectivity index (χ0) is 11.5. The van der Waals surface area contributed by atoms with Crippen molar-refractivity contribution in [3.63, 3.8) is 0 Å². The van der Waals surface area contributed by atoms with Crippen LogP contribution >= 0.6 is 0 Å². The third-order valence-electron chi connectivity index (χ3n) is 2.72. The Balaban J connectivity index is 2.14. The summed E-state index contributed by atoms with van der Waals surface area (Å²) >= 11 is 0. The standard InChI is InChI=1S/C10H15N5O/c1-6-8(11)13-5-14-9(6)15-7-3-2-4-12-10(7)16/h5,7H,2-4H2,1H3,(H,12,16)(H3,11,13,14,15). The van der Waals surface area contributed by atoms with E-state index < -0.39 is 0 Å². The minimum absolute atomic E-state index is 0.0165. The topological polar surface area (TPSA) is 92.9 Å². The van der Waals surface area contributed by atoms with Crippen LogP contribution in [0.1, 0.15) is 18.4 Å². The van der Waals surface area contributed by atoms with Gasteiger partial charge in [0.1, 0.15) is 24.0 Å². The molecule has 0 aromatic carbocycles. The molecule has 0 saturated carbocycles. The molecular weight excluding hydrogens is 206 g/mol. The second-order valence-electron chi connectivity index (χ2n) is 3.86. The first kappa shape index (κ1) is 10.7. The molecule has 1 aromatic heterocycles. The van der Waals surface area contributed by atoms with Gasteiger partial charge in [-0.05, 0) is 19.8 Å². The number of amides is 1. The van der Waals surface area contributed by atoms with E-state index in [2.05, 4.69) is 20.6 Å². The molecule has 0 aliphatic carbocycles. The summed E-state index contributed by atoms with van der Waals surface area (Å²) in [5, 5.41) is 5.91. The van der Waals surface area contributed by atoms with Gasteiger partial charge >= 0.3 is 0 Å². The molecule has 6 nitrogen and oxygen atoms in total. The van der Waals surface area contributed by atoms with E-state index in [1.54, 1.807) is 0 Å². The lowest BCUT2D eigenvalue weighted by Gasteiger charge is -2.23. The Hall–Kier alpha value is -1.85. The average molecular weight is 221 g/mol. The Labute approximate surface area is 93.7 Å². The number of nitrogen functional groups attached to an aromatic ring is 1. The molecule has 1 fully saturated rings. The average Bonchev–Trinajstić information content (AvgIpc) is 2.28. The van der Waals surface area contributed by atoms with Gasteiger partial charge in [0.2, 0.25) is 5.91 Å². The van der Waals surface area contributed by atoms with Crippen molar-refractivity contribution in [3.8, 4) is 0 Å². The van der Waals surface area contributed by atoms with Gasteiger partial charge in [-0.1, -0.05) is 0 Å². The monoisotopic (exact) mass is 221 g/mol. The molecule has 1 unspecified atom stereocenters. The van der Waals surface area contributed by atoms with Crippen LogP contribution in [0.25, 0.3) is 0 Å². The molecule has 4 N–H and O–H groups in total. The lowest BCUT2D eigenvalue weighted by atomic mass is 10.1. The second kappa shape index (κ2) is 4.34. The highest BCUT2D eigenvalue weighted by molar-refractivity contribution is 5.85. The van der Waals surface area contributed by atoms with Crippen molar-refractivity contribution in [2.45, 2.75) is 25.8 Å². The summed E-state index contributed by atoms with van der Waals surface area (Å²) in [5.41, 5.74) is 6.45. The molecule has 0 radical (unpaired) electrons. The van der Waals surface area contributed by atoms with Crippen LogP contribution in [-0.2, 0) is 4.79 Å². The normalized spacial score (nSPS) is 20.3. The van der Waals surface area contributed by atoms with Crippen molar-refractivity contribution in [2.75, 3.05) is 17.6 Å². The predicted octanol–water partition coefficient (Wildman–Crippen LogP) is 0.0577. The molecule has 1 aliphatic heterocycles. The number of carbonyl (C=O) groups is 1. The minimum atomic E-state index is -0.221. The number of nitrogens with two attached hydrogens (primary N) is 1. The summed E-state index contributed by atoms with van der Waals surface area (Å²) in [6.45, 7) is 2.58. The number of nitrogens with one attached hydrogen (secondary N) is 2. The molecule has 1 aliphatic rings. The van der Waals surface area contributed by atoms with Gasteiger partial charge in [0.25, 0.3) is 0 Å². The summed E-state index contributed by atoms with van der Waals surface area (Å²) in [6.07, 6.45) is 3.18. The fraction of sp³-hybridized carbons (Fsp3) is 0.500. The summed E-state index contributed by atoms with van der Waals surface area (Å²) in [7, 11) is 0. The molecule has 1 saturated heterocycles. The Kier molecular flexibility index (Phi) is 2.89. The molecule has 16 heavy (non-hydrogen) atoms. The molecule has 1 aromatic rings. The molecule has 2 rings (SSSR count). The van der Waals surface area contributed by atoms with E-state index in [1.165, 1.54) is 6.33 Å². The van der Waals surface area contributed by atoms with Gasteiger partial charge in [0, 0.05) is 12.1 Å². The van der Waals surface area contributed by atoms with Crippen molar-refractivity contribution < 1.29 is 4.79 Å². The molecule has 86 valence electrons. The van der Waals surface area contributed by atoms with Crippen molar-refractivity contribution in [1.82, 2.24) is 15.3 Å². The molecule has 2 heterocycles. The maximum Gasteiger partial charge on any atom is 0.242 e. The highest BCUT2D eigenvalue weighted by Gasteiger charge is 2.22. The number of nitrogens with zero attached hydrogens (tertiary/aromatic N) is 2. The van der Waals surface area contributed by atoms with E-state index in [9.17, 15) is 4.79 Å². The molecule has 0 spiro atoms. The van der Waals surface area contributed by atoms with Crippen LogP contribution in [-0.4, -0.2) is 28.5 Å². The summed E-state index contributed by atoms with van der Waals surface area (Å²) in [6, 6.07) is -0.221. The fourth-order valence-corrected chi connectivity index (χ4v) is 1.68. The van der Waals surface area contributed by atoms with Crippen molar-refractivity contribution in [2.24, 2.45) is 0 Å². The quantitative estimate of drug-likeness (QED) is 0.656. The minimum Gasteiger partial charge on any atom is -0.383 e. The number of anilines is 2. The van der Waals surface area contributed by atoms with Crippen molar-refractivity contribution >= 4 is 17.5 Å². The van der Waals surface area contributed by atoms with Crippen LogP contribution in [0.5, 0.6) is 0 Å².